The SMILES string of the molecule is COC(=O)CC[C@@H](NC(=O)[C@H]1CCOC1)C(=O)OC. The second-order valence-corrected chi connectivity index (χ2v) is 4.26. The van der Waals surface area contributed by atoms with Gasteiger partial charge in [-0.25, -0.2) is 4.79 Å². The quantitative estimate of drug-likeness (QED) is 0.664. The maximum atomic E-state index is 11.9. The molecule has 1 N–H and O–H groups in total. The molecule has 0 saturated carbocycles. The van der Waals surface area contributed by atoms with Gasteiger partial charge in [-0.2, -0.15) is 0 Å². The summed E-state index contributed by atoms with van der Waals surface area (Å²) >= 11 is 0. The van der Waals surface area contributed by atoms with Crippen molar-refractivity contribution in [2.75, 3.05) is 27.4 Å². The summed E-state index contributed by atoms with van der Waals surface area (Å²) in [6.07, 6.45) is 0.826. The van der Waals surface area contributed by atoms with E-state index in [2.05, 4.69) is 14.8 Å². The molecule has 7 heteroatoms. The number of hydrogen-bond donors (Lipinski definition) is 1. The van der Waals surface area contributed by atoms with Gasteiger partial charge >= 0.3 is 11.9 Å². The molecular formula is C12H19NO6. The highest BCUT2D eigenvalue weighted by atomic mass is 16.5. The third-order valence-electron chi connectivity index (χ3n) is 2.97. The molecule has 1 aliphatic rings. The van der Waals surface area contributed by atoms with Gasteiger partial charge in [-0.15, -0.1) is 0 Å². The van der Waals surface area contributed by atoms with Crippen molar-refractivity contribution in [2.24, 2.45) is 5.92 Å². The first-order valence-corrected chi connectivity index (χ1v) is 6.11. The van der Waals surface area contributed by atoms with Crippen LogP contribution in [-0.4, -0.2) is 51.3 Å². The zero-order valence-corrected chi connectivity index (χ0v) is 11.1. The highest BCUT2D eigenvalue weighted by Gasteiger charge is 2.28. The van der Waals surface area contributed by atoms with Gasteiger partial charge in [0, 0.05) is 13.0 Å². The summed E-state index contributed by atoms with van der Waals surface area (Å²) in [5, 5.41) is 2.59. The van der Waals surface area contributed by atoms with Crippen LogP contribution in [0.4, 0.5) is 0 Å². The van der Waals surface area contributed by atoms with E-state index < -0.39 is 18.0 Å². The molecule has 0 aliphatic carbocycles. The number of esters is 2. The largest absolute Gasteiger partial charge is 0.469 e. The van der Waals surface area contributed by atoms with Gasteiger partial charge in [-0.05, 0) is 12.8 Å². The molecule has 0 aromatic heterocycles. The Morgan fingerprint density at radius 3 is 2.58 bits per heavy atom. The topological polar surface area (TPSA) is 90.9 Å². The third-order valence-corrected chi connectivity index (χ3v) is 2.97. The number of nitrogens with one attached hydrogen (secondary N) is 1. The average Bonchev–Trinajstić information content (AvgIpc) is 2.95. The molecule has 0 aromatic rings. The lowest BCUT2D eigenvalue weighted by Gasteiger charge is -2.17. The summed E-state index contributed by atoms with van der Waals surface area (Å²) < 4.78 is 14.2. The van der Waals surface area contributed by atoms with Gasteiger partial charge in [0.25, 0.3) is 0 Å². The van der Waals surface area contributed by atoms with E-state index in [1.807, 2.05) is 0 Å². The van der Waals surface area contributed by atoms with Crippen molar-refractivity contribution in [3.63, 3.8) is 0 Å². The summed E-state index contributed by atoms with van der Waals surface area (Å²) in [4.78, 5) is 34.5. The van der Waals surface area contributed by atoms with Gasteiger partial charge < -0.3 is 19.5 Å². The normalized spacial score (nSPS) is 19.6. The number of hydrogen-bond acceptors (Lipinski definition) is 6. The number of rotatable bonds is 6. The van der Waals surface area contributed by atoms with E-state index in [-0.39, 0.29) is 24.7 Å². The van der Waals surface area contributed by atoms with Crippen molar-refractivity contribution in [2.45, 2.75) is 25.3 Å². The monoisotopic (exact) mass is 273 g/mol. The van der Waals surface area contributed by atoms with Gasteiger partial charge in [0.15, 0.2) is 0 Å². The molecule has 0 unspecified atom stereocenters. The van der Waals surface area contributed by atoms with Crippen LogP contribution < -0.4 is 5.32 Å². The lowest BCUT2D eigenvalue weighted by Crippen LogP contribution is -2.44. The van der Waals surface area contributed by atoms with Gasteiger partial charge in [-0.3, -0.25) is 9.59 Å². The maximum Gasteiger partial charge on any atom is 0.328 e. The van der Waals surface area contributed by atoms with Gasteiger partial charge in [0.1, 0.15) is 6.04 Å². The lowest BCUT2D eigenvalue weighted by atomic mass is 10.1. The molecular weight excluding hydrogens is 254 g/mol. The molecule has 1 heterocycles. The second kappa shape index (κ2) is 7.73. The minimum atomic E-state index is -0.836. The van der Waals surface area contributed by atoms with Crippen LogP contribution in [0.5, 0.6) is 0 Å². The molecule has 0 bridgehead atoms. The fourth-order valence-corrected chi connectivity index (χ4v) is 1.79. The van der Waals surface area contributed by atoms with Crippen LogP contribution in [0.3, 0.4) is 0 Å². The minimum Gasteiger partial charge on any atom is -0.469 e. The van der Waals surface area contributed by atoms with Gasteiger partial charge in [-0.1, -0.05) is 0 Å². The fraction of sp³-hybridized carbons (Fsp3) is 0.750. The predicted octanol–water partition coefficient (Wildman–Crippen LogP) is -0.366. The Kier molecular flexibility index (Phi) is 6.27. The summed E-state index contributed by atoms with van der Waals surface area (Å²) in [6, 6.07) is -0.836. The molecule has 1 aliphatic heterocycles. The fourth-order valence-electron chi connectivity index (χ4n) is 1.79. The van der Waals surface area contributed by atoms with Crippen molar-refractivity contribution in [3.8, 4) is 0 Å². The first-order valence-electron chi connectivity index (χ1n) is 6.11. The van der Waals surface area contributed by atoms with E-state index in [0.717, 1.165) is 0 Å². The van der Waals surface area contributed by atoms with Crippen LogP contribution in [0, 0.1) is 5.92 Å². The van der Waals surface area contributed by atoms with E-state index >= 15 is 0 Å². The number of methoxy groups -OCH3 is 2. The van der Waals surface area contributed by atoms with Crippen molar-refractivity contribution < 1.29 is 28.6 Å². The van der Waals surface area contributed by atoms with Crippen molar-refractivity contribution in [1.29, 1.82) is 0 Å². The summed E-state index contributed by atoms with van der Waals surface area (Å²) in [6.45, 7) is 0.903. The molecule has 1 amide bonds. The summed E-state index contributed by atoms with van der Waals surface area (Å²) in [7, 11) is 2.50. The van der Waals surface area contributed by atoms with Crippen LogP contribution in [0.1, 0.15) is 19.3 Å². The highest BCUT2D eigenvalue weighted by Crippen LogP contribution is 2.13. The molecule has 7 nitrogen and oxygen atoms in total. The van der Waals surface area contributed by atoms with E-state index in [9.17, 15) is 14.4 Å². The molecule has 1 saturated heterocycles. The molecule has 2 atom stereocenters. The molecule has 19 heavy (non-hydrogen) atoms. The van der Waals surface area contributed by atoms with E-state index in [4.69, 9.17) is 4.74 Å². The van der Waals surface area contributed by atoms with Crippen molar-refractivity contribution >= 4 is 17.8 Å². The van der Waals surface area contributed by atoms with Gasteiger partial charge in [0.2, 0.25) is 5.91 Å². The number of carbonyl (C=O) groups is 3. The Bertz CT molecular complexity index is 337. The standard InChI is InChI=1S/C12H19NO6/c1-17-10(14)4-3-9(12(16)18-2)13-11(15)8-5-6-19-7-8/h8-9H,3-7H2,1-2H3,(H,13,15)/t8-,9+/m0/s1. The first-order chi connectivity index (χ1) is 9.08. The zero-order valence-electron chi connectivity index (χ0n) is 11.1. The van der Waals surface area contributed by atoms with Crippen LogP contribution in [0.15, 0.2) is 0 Å². The van der Waals surface area contributed by atoms with Crippen LogP contribution in [-0.2, 0) is 28.6 Å². The van der Waals surface area contributed by atoms with Crippen molar-refractivity contribution in [1.82, 2.24) is 5.32 Å². The molecule has 108 valence electrons. The van der Waals surface area contributed by atoms with E-state index in [0.29, 0.717) is 19.6 Å². The highest BCUT2D eigenvalue weighted by molar-refractivity contribution is 5.86. The Morgan fingerprint density at radius 2 is 2.05 bits per heavy atom. The summed E-state index contributed by atoms with van der Waals surface area (Å²) in [5.41, 5.74) is 0. The van der Waals surface area contributed by atoms with Crippen LogP contribution in [0.25, 0.3) is 0 Å². The Hall–Kier alpha value is -1.63. The van der Waals surface area contributed by atoms with E-state index in [1.165, 1.54) is 14.2 Å². The first kappa shape index (κ1) is 15.4. The number of carbonyl (C=O) groups excluding carboxylic acids is 3. The zero-order chi connectivity index (χ0) is 14.3. The second-order valence-electron chi connectivity index (χ2n) is 4.26. The minimum absolute atomic E-state index is 0.0394. The Morgan fingerprint density at radius 1 is 1.32 bits per heavy atom. The number of amides is 1. The molecule has 0 aromatic carbocycles. The molecule has 0 radical (unpaired) electrons. The molecule has 0 spiro atoms. The molecule has 1 fully saturated rings. The Labute approximate surface area is 111 Å². The average molecular weight is 273 g/mol. The molecule has 1 rings (SSSR count). The smallest absolute Gasteiger partial charge is 0.328 e. The summed E-state index contributed by atoms with van der Waals surface area (Å²) in [5.74, 6) is -1.51. The van der Waals surface area contributed by atoms with E-state index in [1.54, 1.807) is 0 Å². The lowest BCUT2D eigenvalue weighted by molar-refractivity contribution is -0.147. The maximum absolute atomic E-state index is 11.9. The van der Waals surface area contributed by atoms with Crippen LogP contribution >= 0.6 is 0 Å². The predicted molar refractivity (Wildman–Crippen MR) is 64.1 cm³/mol. The number of ether oxygens (including phenoxy) is 3. The third kappa shape index (κ3) is 4.86. The Balaban J connectivity index is 2.50. The van der Waals surface area contributed by atoms with Gasteiger partial charge in [0.05, 0.1) is 26.7 Å². The van der Waals surface area contributed by atoms with Crippen molar-refractivity contribution in [3.05, 3.63) is 0 Å². The van der Waals surface area contributed by atoms with Crippen LogP contribution in [0.2, 0.25) is 0 Å².